The average molecular weight is 289 g/mol. The van der Waals surface area contributed by atoms with E-state index in [9.17, 15) is 9.59 Å². The molecule has 1 amide bonds. The molecule has 0 spiro atoms. The van der Waals surface area contributed by atoms with Gasteiger partial charge in [0.05, 0.1) is 7.11 Å². The van der Waals surface area contributed by atoms with Crippen LogP contribution in [-0.4, -0.2) is 44.5 Å². The van der Waals surface area contributed by atoms with Gasteiger partial charge >= 0.3 is 12.1 Å². The lowest BCUT2D eigenvalue weighted by atomic mass is 10.0. The summed E-state index contributed by atoms with van der Waals surface area (Å²) in [6.45, 7) is 9.30. The number of alkyl carbamates (subject to hydrolysis) is 1. The molecule has 1 heterocycles. The molecule has 1 aliphatic heterocycles. The van der Waals surface area contributed by atoms with Gasteiger partial charge < -0.3 is 19.5 Å². The molecule has 0 aliphatic carbocycles. The van der Waals surface area contributed by atoms with E-state index >= 15 is 0 Å². The van der Waals surface area contributed by atoms with Crippen molar-refractivity contribution < 1.29 is 23.8 Å². The van der Waals surface area contributed by atoms with Crippen molar-refractivity contribution in [3.63, 3.8) is 0 Å². The summed E-state index contributed by atoms with van der Waals surface area (Å²) in [6.07, 6.45) is 1.90. The molecule has 1 rings (SSSR count). The lowest BCUT2D eigenvalue weighted by Gasteiger charge is -2.19. The monoisotopic (exact) mass is 289 g/mol. The molecule has 1 saturated heterocycles. The van der Waals surface area contributed by atoms with Crippen LogP contribution < -0.4 is 5.32 Å². The van der Waals surface area contributed by atoms with Gasteiger partial charge in [-0.2, -0.15) is 0 Å². The van der Waals surface area contributed by atoms with Crippen molar-refractivity contribution in [3.05, 3.63) is 0 Å². The quantitative estimate of drug-likeness (QED) is 0.788. The Labute approximate surface area is 121 Å². The number of esters is 1. The third kappa shape index (κ3) is 11.8. The van der Waals surface area contributed by atoms with Gasteiger partial charge in [0.2, 0.25) is 0 Å². The van der Waals surface area contributed by atoms with Crippen molar-refractivity contribution in [2.24, 2.45) is 5.92 Å². The Bertz CT molecular complexity index is 292. The van der Waals surface area contributed by atoms with Crippen molar-refractivity contribution in [3.8, 4) is 0 Å². The van der Waals surface area contributed by atoms with Gasteiger partial charge in [-0.25, -0.2) is 4.79 Å². The standard InChI is InChI=1S/C8H15NO4.C6H12O/c1-8(2,3)13-7(11)9-5-6(10)12-4;1-6-2-4-7-5-3-6/h5H2,1-4H3,(H,9,11);6H,2-5H2,1H3. The maximum atomic E-state index is 10.9. The van der Waals surface area contributed by atoms with Crippen molar-refractivity contribution in [2.75, 3.05) is 26.9 Å². The first kappa shape index (κ1) is 18.7. The van der Waals surface area contributed by atoms with Crippen LogP contribution in [0.25, 0.3) is 0 Å². The Balaban J connectivity index is 0.000000428. The number of rotatable bonds is 2. The molecule has 0 aromatic rings. The van der Waals surface area contributed by atoms with E-state index in [1.54, 1.807) is 20.8 Å². The highest BCUT2D eigenvalue weighted by molar-refractivity contribution is 5.77. The largest absolute Gasteiger partial charge is 0.468 e. The minimum atomic E-state index is -0.627. The molecule has 0 atom stereocenters. The molecule has 1 N–H and O–H groups in total. The predicted molar refractivity (Wildman–Crippen MR) is 75.5 cm³/mol. The summed E-state index contributed by atoms with van der Waals surface area (Å²) in [5, 5.41) is 2.25. The van der Waals surface area contributed by atoms with Crippen LogP contribution in [0.1, 0.15) is 40.5 Å². The lowest BCUT2D eigenvalue weighted by Crippen LogP contribution is -2.35. The smallest absolute Gasteiger partial charge is 0.408 e. The molecule has 0 saturated carbocycles. The fourth-order valence-electron chi connectivity index (χ4n) is 1.35. The van der Waals surface area contributed by atoms with Gasteiger partial charge in [-0.05, 0) is 39.5 Å². The molecule has 0 bridgehead atoms. The van der Waals surface area contributed by atoms with Gasteiger partial charge in [0.15, 0.2) is 0 Å². The summed E-state index contributed by atoms with van der Waals surface area (Å²) in [5.74, 6) is 0.402. The van der Waals surface area contributed by atoms with E-state index in [1.807, 2.05) is 0 Å². The summed E-state index contributed by atoms with van der Waals surface area (Å²) in [6, 6.07) is 0. The van der Waals surface area contributed by atoms with E-state index in [0.29, 0.717) is 0 Å². The first-order valence-electron chi connectivity index (χ1n) is 6.86. The number of carbonyl (C=O) groups is 2. The molecule has 0 unspecified atom stereocenters. The maximum Gasteiger partial charge on any atom is 0.408 e. The van der Waals surface area contributed by atoms with Gasteiger partial charge in [-0.15, -0.1) is 0 Å². The fourth-order valence-corrected chi connectivity index (χ4v) is 1.35. The Morgan fingerprint density at radius 3 is 2.15 bits per heavy atom. The Hall–Kier alpha value is -1.30. The highest BCUT2D eigenvalue weighted by Crippen LogP contribution is 2.11. The second kappa shape index (κ2) is 9.58. The van der Waals surface area contributed by atoms with E-state index in [0.717, 1.165) is 19.1 Å². The molecular weight excluding hydrogens is 262 g/mol. The third-order valence-electron chi connectivity index (χ3n) is 2.51. The van der Waals surface area contributed by atoms with Crippen molar-refractivity contribution in [1.29, 1.82) is 0 Å². The van der Waals surface area contributed by atoms with Crippen LogP contribution in [0.2, 0.25) is 0 Å². The molecule has 6 nitrogen and oxygen atoms in total. The van der Waals surface area contributed by atoms with E-state index in [-0.39, 0.29) is 6.54 Å². The van der Waals surface area contributed by atoms with Crippen LogP contribution in [0.5, 0.6) is 0 Å². The molecular formula is C14H27NO5. The molecule has 118 valence electrons. The first-order valence-corrected chi connectivity index (χ1v) is 6.86. The number of ether oxygens (including phenoxy) is 3. The SMILES string of the molecule is CC1CCOCC1.COC(=O)CNC(=O)OC(C)(C)C. The van der Waals surface area contributed by atoms with Gasteiger partial charge in [-0.1, -0.05) is 6.92 Å². The number of carbonyl (C=O) groups excluding carboxylic acids is 2. The summed E-state index contributed by atoms with van der Waals surface area (Å²) < 4.78 is 14.3. The van der Waals surface area contributed by atoms with Crippen LogP contribution in [0.4, 0.5) is 4.79 Å². The number of hydrogen-bond donors (Lipinski definition) is 1. The van der Waals surface area contributed by atoms with Crippen LogP contribution in [-0.2, 0) is 19.0 Å². The third-order valence-corrected chi connectivity index (χ3v) is 2.51. The minimum Gasteiger partial charge on any atom is -0.468 e. The Kier molecular flexibility index (Phi) is 8.96. The normalized spacial score (nSPS) is 15.7. The number of hydrogen-bond acceptors (Lipinski definition) is 5. The summed E-state index contributed by atoms with van der Waals surface area (Å²) in [4.78, 5) is 21.5. The van der Waals surface area contributed by atoms with Crippen LogP contribution in [0, 0.1) is 5.92 Å². The molecule has 1 aliphatic rings. The second-order valence-electron chi connectivity index (χ2n) is 5.73. The summed E-state index contributed by atoms with van der Waals surface area (Å²) in [5.41, 5.74) is -0.555. The second-order valence-corrected chi connectivity index (χ2v) is 5.73. The van der Waals surface area contributed by atoms with Crippen molar-refractivity contribution in [2.45, 2.75) is 46.1 Å². The van der Waals surface area contributed by atoms with Gasteiger partial charge in [0, 0.05) is 13.2 Å². The zero-order valence-electron chi connectivity index (χ0n) is 13.2. The highest BCUT2D eigenvalue weighted by Gasteiger charge is 2.16. The molecule has 20 heavy (non-hydrogen) atoms. The van der Waals surface area contributed by atoms with Crippen LogP contribution >= 0.6 is 0 Å². The van der Waals surface area contributed by atoms with Gasteiger partial charge in [0.25, 0.3) is 0 Å². The van der Waals surface area contributed by atoms with Gasteiger partial charge in [-0.3, -0.25) is 4.79 Å². The predicted octanol–water partition coefficient (Wildman–Crippen LogP) is 2.12. The number of nitrogens with one attached hydrogen (secondary N) is 1. The van der Waals surface area contributed by atoms with E-state index < -0.39 is 17.7 Å². The average Bonchev–Trinajstić information content (AvgIpc) is 2.35. The van der Waals surface area contributed by atoms with E-state index in [1.165, 1.54) is 20.0 Å². The molecule has 0 aromatic heterocycles. The topological polar surface area (TPSA) is 73.9 Å². The zero-order valence-corrected chi connectivity index (χ0v) is 13.2. The van der Waals surface area contributed by atoms with Crippen LogP contribution in [0.3, 0.4) is 0 Å². The van der Waals surface area contributed by atoms with E-state index in [2.05, 4.69) is 17.0 Å². The Morgan fingerprint density at radius 1 is 1.25 bits per heavy atom. The van der Waals surface area contributed by atoms with Gasteiger partial charge in [0.1, 0.15) is 12.1 Å². The molecule has 0 aromatic carbocycles. The van der Waals surface area contributed by atoms with Crippen LogP contribution in [0.15, 0.2) is 0 Å². The lowest BCUT2D eigenvalue weighted by molar-refractivity contribution is -0.139. The molecule has 0 radical (unpaired) electrons. The molecule has 1 fully saturated rings. The van der Waals surface area contributed by atoms with Crippen molar-refractivity contribution >= 4 is 12.1 Å². The Morgan fingerprint density at radius 2 is 1.80 bits per heavy atom. The summed E-state index contributed by atoms with van der Waals surface area (Å²) in [7, 11) is 1.25. The molecule has 6 heteroatoms. The number of methoxy groups -OCH3 is 1. The maximum absolute atomic E-state index is 10.9. The number of amides is 1. The minimum absolute atomic E-state index is 0.175. The zero-order chi connectivity index (χ0) is 15.6. The fraction of sp³-hybridized carbons (Fsp3) is 0.857. The van der Waals surface area contributed by atoms with Crippen molar-refractivity contribution in [1.82, 2.24) is 5.32 Å². The summed E-state index contributed by atoms with van der Waals surface area (Å²) >= 11 is 0. The first-order chi connectivity index (χ1) is 9.24. The van der Waals surface area contributed by atoms with E-state index in [4.69, 9.17) is 9.47 Å². The highest BCUT2D eigenvalue weighted by atomic mass is 16.6.